The predicted molar refractivity (Wildman–Crippen MR) is 363 cm³/mol. The molecule has 111 heavy (non-hydrogen) atoms. The van der Waals surface area contributed by atoms with Crippen molar-refractivity contribution in [3.63, 3.8) is 0 Å². The van der Waals surface area contributed by atoms with E-state index in [9.17, 15) is 107 Å². The van der Waals surface area contributed by atoms with Crippen LogP contribution in [0.4, 0.5) is 0 Å². The van der Waals surface area contributed by atoms with Gasteiger partial charge in [-0.15, -0.1) is 0 Å². The molecule has 13 aliphatic rings. The first-order chi connectivity index (χ1) is 52.0. The summed E-state index contributed by atoms with van der Waals surface area (Å²) in [5.74, 6) is -2.03. The van der Waals surface area contributed by atoms with E-state index in [1.165, 1.54) is 13.8 Å². The lowest BCUT2D eigenvalue weighted by Crippen LogP contribution is -2.70. The van der Waals surface area contributed by atoms with E-state index in [1.54, 1.807) is 0 Å². The van der Waals surface area contributed by atoms with Gasteiger partial charge in [0.25, 0.3) is 0 Å². The Bertz CT molecular complexity index is 3220. The van der Waals surface area contributed by atoms with Crippen molar-refractivity contribution in [2.24, 2.45) is 50.2 Å². The minimum Gasteiger partial charge on any atom is -0.432 e. The average Bonchev–Trinajstić information content (AvgIpc) is 0.870. The Labute approximate surface area is 640 Å². The van der Waals surface area contributed by atoms with Gasteiger partial charge in [0.2, 0.25) is 6.29 Å². The number of hydrogen-bond donors (Lipinski definition) is 21. The Morgan fingerprint density at radius 1 is 0.468 bits per heavy atom. The summed E-state index contributed by atoms with van der Waals surface area (Å²) in [5.41, 5.74) is -6.57. The number of aliphatic hydroxyl groups excluding tert-OH is 20. The SMILES string of the molecule is C[C@@H]1O[C@@H](O[C@@H]2[C@@H](O[C@@H]3O[C@@H](C)[C@H](O[C@@H]4OC[C@H](O)[C@H](O[C@@H]5OC[C@@H](O)[C@H](O)[C@H]5O)[C@H]4O)[C@@H](OC4OC[C@](O)(CO)[C@H]4O)[C@H]3O)[C@H](OC(=O)[C@]34CCC(C)(C)C[C@H]3C3=CCC5[C@@]6(C)C[C@H](O)[C@H](O[C@@H]7O[C@H](CO[C@@H]8OC[C@H](O)[C@H](O)[C@H]8O)[C@@H](O)[C@H](O)[C@H]7O)C(C)(C)C6CC[C@@]5(C)[C@]3(C)C[C@H]4O)OC[C@H]2O)[C@H](O)[C@H](O)[C@H]1O. The van der Waals surface area contributed by atoms with Gasteiger partial charge in [-0.3, -0.25) is 4.79 Å². The smallest absolute Gasteiger partial charge is 0.317 e. The maximum absolute atomic E-state index is 16.2. The summed E-state index contributed by atoms with van der Waals surface area (Å²) in [5, 5.41) is 235. The second-order valence-corrected chi connectivity index (χ2v) is 35.7. The number of ether oxygens (including phenoxy) is 16. The van der Waals surface area contributed by atoms with Crippen LogP contribution in [0.5, 0.6) is 0 Å². The van der Waals surface area contributed by atoms with E-state index in [-0.39, 0.29) is 37.7 Å². The van der Waals surface area contributed by atoms with Crippen molar-refractivity contribution in [2.45, 2.75) is 341 Å². The summed E-state index contributed by atoms with van der Waals surface area (Å²) in [6.45, 7) is 12.9. The molecule has 638 valence electrons. The zero-order valence-corrected chi connectivity index (χ0v) is 63.5. The summed E-state index contributed by atoms with van der Waals surface area (Å²) in [7, 11) is 0. The second kappa shape index (κ2) is 32.4. The van der Waals surface area contributed by atoms with Gasteiger partial charge in [0, 0.05) is 0 Å². The molecular weight excluding hydrogens is 1480 g/mol. The van der Waals surface area contributed by atoms with Crippen LogP contribution >= 0.6 is 0 Å². The van der Waals surface area contributed by atoms with Crippen LogP contribution in [0, 0.1) is 50.2 Å². The van der Waals surface area contributed by atoms with Crippen LogP contribution in [0.2, 0.25) is 0 Å². The number of hydrogen-bond acceptors (Lipinski definition) is 38. The normalized spacial score (nSPS) is 55.4. The lowest BCUT2D eigenvalue weighted by Gasteiger charge is -2.72. The van der Waals surface area contributed by atoms with Crippen LogP contribution in [-0.2, 0) is 80.6 Å². The summed E-state index contributed by atoms with van der Waals surface area (Å²) >= 11 is 0. The number of fused-ring (bicyclic) bond motifs is 7. The lowest BCUT2D eigenvalue weighted by atomic mass is 9.33. The molecule has 8 saturated heterocycles. The first-order valence-corrected chi connectivity index (χ1v) is 38.8. The number of aliphatic hydroxyl groups is 21. The van der Waals surface area contributed by atoms with Gasteiger partial charge in [-0.05, 0) is 110 Å². The highest BCUT2D eigenvalue weighted by Gasteiger charge is 2.73. The van der Waals surface area contributed by atoms with Crippen LogP contribution in [0.15, 0.2) is 11.6 Å². The quantitative estimate of drug-likeness (QED) is 0.0344. The Balaban J connectivity index is 0.775. The zero-order valence-electron chi connectivity index (χ0n) is 63.5. The Kier molecular flexibility index (Phi) is 25.3. The molecule has 44 atom stereocenters. The van der Waals surface area contributed by atoms with E-state index in [1.807, 2.05) is 13.8 Å². The van der Waals surface area contributed by atoms with Crippen molar-refractivity contribution in [3.8, 4) is 0 Å². The minimum atomic E-state index is -2.31. The van der Waals surface area contributed by atoms with E-state index < -0.39 is 311 Å². The maximum Gasteiger partial charge on any atom is 0.317 e. The summed E-state index contributed by atoms with van der Waals surface area (Å²) < 4.78 is 96.7. The molecule has 0 aromatic rings. The average molecular weight is 1600 g/mol. The predicted octanol–water partition coefficient (Wildman–Crippen LogP) is -7.54. The molecule has 12 fully saturated rings. The van der Waals surface area contributed by atoms with Gasteiger partial charge >= 0.3 is 5.97 Å². The van der Waals surface area contributed by atoms with Gasteiger partial charge in [0.15, 0.2) is 50.1 Å². The van der Waals surface area contributed by atoms with Gasteiger partial charge < -0.3 is 183 Å². The van der Waals surface area contributed by atoms with Gasteiger partial charge in [0.1, 0.15) is 145 Å². The van der Waals surface area contributed by atoms with Crippen LogP contribution in [-0.4, -0.2) is 386 Å². The largest absolute Gasteiger partial charge is 0.432 e. The molecule has 3 unspecified atom stereocenters. The van der Waals surface area contributed by atoms with E-state index >= 15 is 4.79 Å². The molecule has 21 N–H and O–H groups in total. The molecule has 0 spiro atoms. The molecule has 0 aromatic heterocycles. The molecule has 8 aliphatic heterocycles. The molecule has 0 bridgehead atoms. The van der Waals surface area contributed by atoms with Crippen molar-refractivity contribution < 1.29 is 188 Å². The molecule has 5 aliphatic carbocycles. The Morgan fingerprint density at radius 3 is 1.64 bits per heavy atom. The number of rotatable bonds is 18. The number of carbonyl (C=O) groups is 1. The topological polar surface area (TPSA) is 590 Å². The number of carbonyl (C=O) groups excluding carboxylic acids is 1. The molecule has 0 amide bonds. The lowest BCUT2D eigenvalue weighted by molar-refractivity contribution is -0.394. The van der Waals surface area contributed by atoms with Crippen LogP contribution in [0.1, 0.15) is 114 Å². The fraction of sp³-hybridized carbons (Fsp3) is 0.959. The first kappa shape index (κ1) is 86.6. The van der Waals surface area contributed by atoms with Gasteiger partial charge in [-0.1, -0.05) is 60.1 Å². The summed E-state index contributed by atoms with van der Waals surface area (Å²) in [6.07, 6.45) is -56.6. The standard InChI is InChI=1S/C73H118O38/c1-26-39(81)43(85)47(89)61(102-26)107-53-34(79)22-99-64(55(53)109-63-50(92)54(108-65-56(93)72(95,24-74)25-101-65)51(27(2)103-63)105-60-49(91)52(33(78)21-98-60)106-59-46(88)41(83)32(77)20-97-59)111-66(94)73-15-14-67(3,4)16-29(73)28-10-11-37-69(7)17-30(75)57(68(5,6)36(69)12-13-70(37,8)71(28,9)18-38(73)80)110-62-48(90)44(86)42(84)35(104-62)23-100-58-45(87)40(82)31(76)19-96-58/h10,26-27,29-65,74-93,95H,11-25H2,1-9H3/t26-,27-,29-,30-,31-,32+,33-,34+,35+,36?,37?,38+,39-,40-,41-,42+,43+,44-,45+,46+,47+,48+,49+,50+,51-,52-,53-,54-,55+,56-,57-,58-,59-,60-,61-,62-,63-,64-,65?,69-,70+,71+,72+,73+/m0/s1. The first-order valence-electron chi connectivity index (χ1n) is 38.8. The third-order valence-electron chi connectivity index (χ3n) is 27.9. The van der Waals surface area contributed by atoms with Gasteiger partial charge in [-0.25, -0.2) is 0 Å². The van der Waals surface area contributed by atoms with Gasteiger partial charge in [-0.2, -0.15) is 0 Å². The van der Waals surface area contributed by atoms with Crippen LogP contribution in [0.3, 0.4) is 0 Å². The monoisotopic (exact) mass is 1600 g/mol. The minimum absolute atomic E-state index is 0.0317. The fourth-order valence-corrected chi connectivity index (χ4v) is 21.1. The molecule has 4 saturated carbocycles. The molecule has 0 radical (unpaired) electrons. The maximum atomic E-state index is 16.2. The molecule has 0 aromatic carbocycles. The molecule has 38 heteroatoms. The van der Waals surface area contributed by atoms with Crippen LogP contribution < -0.4 is 0 Å². The van der Waals surface area contributed by atoms with Crippen molar-refractivity contribution in [3.05, 3.63) is 11.6 Å². The Morgan fingerprint density at radius 2 is 0.991 bits per heavy atom. The highest BCUT2D eigenvalue weighted by Crippen LogP contribution is 2.76. The number of esters is 1. The van der Waals surface area contributed by atoms with E-state index in [0.717, 1.165) is 5.57 Å². The van der Waals surface area contributed by atoms with Crippen molar-refractivity contribution in [1.29, 1.82) is 0 Å². The van der Waals surface area contributed by atoms with Crippen molar-refractivity contribution in [2.75, 3.05) is 46.2 Å². The molecule has 38 nitrogen and oxygen atoms in total. The highest BCUT2D eigenvalue weighted by molar-refractivity contribution is 5.80. The van der Waals surface area contributed by atoms with E-state index in [4.69, 9.17) is 75.8 Å². The Hall–Kier alpha value is -2.23. The van der Waals surface area contributed by atoms with Crippen molar-refractivity contribution >= 4 is 5.97 Å². The van der Waals surface area contributed by atoms with Crippen molar-refractivity contribution in [1.82, 2.24) is 0 Å². The third-order valence-corrected chi connectivity index (χ3v) is 27.9. The molecule has 8 heterocycles. The van der Waals surface area contributed by atoms with E-state index in [2.05, 4.69) is 40.7 Å². The molecule has 13 rings (SSSR count). The second-order valence-electron chi connectivity index (χ2n) is 35.7. The molecular formula is C73H118O38. The fourth-order valence-electron chi connectivity index (χ4n) is 21.1. The highest BCUT2D eigenvalue weighted by atomic mass is 16.8. The van der Waals surface area contributed by atoms with E-state index in [0.29, 0.717) is 32.1 Å². The van der Waals surface area contributed by atoms with Gasteiger partial charge in [0.05, 0.1) is 76.8 Å². The summed E-state index contributed by atoms with van der Waals surface area (Å²) in [4.78, 5) is 16.2. The summed E-state index contributed by atoms with van der Waals surface area (Å²) in [6, 6.07) is 0. The number of allylic oxidation sites excluding steroid dienone is 2. The zero-order chi connectivity index (χ0) is 80.8. The van der Waals surface area contributed by atoms with Crippen LogP contribution in [0.25, 0.3) is 0 Å². The third kappa shape index (κ3) is 15.2.